The fraction of sp³-hybridized carbons (Fsp3) is 0.222. The number of nitrogens with one attached hydrogen (secondary N) is 3. The fourth-order valence-corrected chi connectivity index (χ4v) is 4.31. The number of aromatic nitrogens is 2. The monoisotopic (exact) mass is 501 g/mol. The summed E-state index contributed by atoms with van der Waals surface area (Å²) in [6.45, 7) is 1.99. The molecule has 0 aliphatic heterocycles. The lowest BCUT2D eigenvalue weighted by Crippen LogP contribution is -2.21. The molecule has 9 heteroatoms. The SMILES string of the molecule is COc1cc(Nc2nc3ccccc3nc2NSc2cccc(NC(=O)C3(C)CC3)c2)cc(OC)c1. The molecule has 184 valence electrons. The van der Waals surface area contributed by atoms with Gasteiger partial charge in [-0.05, 0) is 55.1 Å². The summed E-state index contributed by atoms with van der Waals surface area (Å²) in [4.78, 5) is 23.0. The highest BCUT2D eigenvalue weighted by atomic mass is 32.2. The Labute approximate surface area is 214 Å². The van der Waals surface area contributed by atoms with Gasteiger partial charge < -0.3 is 24.8 Å². The van der Waals surface area contributed by atoms with Crippen LogP contribution in [0.1, 0.15) is 19.8 Å². The van der Waals surface area contributed by atoms with Crippen LogP contribution in [0.4, 0.5) is 23.0 Å². The standard InChI is InChI=1S/C27H27N5O3S/c1-27(11-12-27)26(33)29-17-7-6-8-21(15-17)36-32-25-24(30-22-9-4-5-10-23(22)31-25)28-18-13-19(34-2)16-20(14-18)35-3/h4-10,13-16H,11-12H2,1-3H3,(H,28,30)(H,29,33)(H,31,32). The number of ether oxygens (including phenoxy) is 2. The van der Waals surface area contributed by atoms with E-state index in [4.69, 9.17) is 19.4 Å². The van der Waals surface area contributed by atoms with Crippen LogP contribution in [0.5, 0.6) is 11.5 Å². The molecule has 0 saturated heterocycles. The van der Waals surface area contributed by atoms with E-state index in [1.807, 2.05) is 73.7 Å². The number of fused-ring (bicyclic) bond motifs is 1. The highest BCUT2D eigenvalue weighted by Crippen LogP contribution is 2.45. The van der Waals surface area contributed by atoms with Gasteiger partial charge in [0.05, 0.1) is 25.3 Å². The van der Waals surface area contributed by atoms with E-state index in [0.717, 1.165) is 40.1 Å². The first-order valence-electron chi connectivity index (χ1n) is 11.6. The van der Waals surface area contributed by atoms with Crippen molar-refractivity contribution < 1.29 is 14.3 Å². The smallest absolute Gasteiger partial charge is 0.230 e. The van der Waals surface area contributed by atoms with E-state index in [1.54, 1.807) is 14.2 Å². The highest BCUT2D eigenvalue weighted by molar-refractivity contribution is 8.00. The topological polar surface area (TPSA) is 97.4 Å². The first-order valence-corrected chi connectivity index (χ1v) is 12.4. The number of anilines is 4. The molecule has 0 unspecified atom stereocenters. The maximum absolute atomic E-state index is 12.4. The first kappa shape index (κ1) is 23.7. The average molecular weight is 502 g/mol. The van der Waals surface area contributed by atoms with Gasteiger partial charge >= 0.3 is 0 Å². The fourth-order valence-electron chi connectivity index (χ4n) is 3.62. The van der Waals surface area contributed by atoms with E-state index >= 15 is 0 Å². The van der Waals surface area contributed by atoms with E-state index < -0.39 is 0 Å². The summed E-state index contributed by atoms with van der Waals surface area (Å²) in [6, 6.07) is 21.0. The molecule has 5 rings (SSSR count). The van der Waals surface area contributed by atoms with Gasteiger partial charge in [0.2, 0.25) is 5.91 Å². The van der Waals surface area contributed by atoms with E-state index in [-0.39, 0.29) is 11.3 Å². The van der Waals surface area contributed by atoms with Gasteiger partial charge in [0.25, 0.3) is 0 Å². The van der Waals surface area contributed by atoms with Crippen molar-refractivity contribution in [1.82, 2.24) is 9.97 Å². The van der Waals surface area contributed by atoms with Crippen molar-refractivity contribution in [1.29, 1.82) is 0 Å². The Morgan fingerprint density at radius 3 is 2.17 bits per heavy atom. The molecule has 36 heavy (non-hydrogen) atoms. The summed E-state index contributed by atoms with van der Waals surface area (Å²) in [6.07, 6.45) is 1.87. The second-order valence-corrected chi connectivity index (χ2v) is 9.76. The van der Waals surface area contributed by atoms with Crippen LogP contribution in [0.2, 0.25) is 0 Å². The number of amides is 1. The molecule has 1 saturated carbocycles. The first-order chi connectivity index (χ1) is 17.5. The number of methoxy groups -OCH3 is 2. The minimum Gasteiger partial charge on any atom is -0.497 e. The van der Waals surface area contributed by atoms with Crippen molar-refractivity contribution in [2.24, 2.45) is 5.41 Å². The Balaban J connectivity index is 1.40. The maximum atomic E-state index is 12.4. The maximum Gasteiger partial charge on any atom is 0.230 e. The van der Waals surface area contributed by atoms with Crippen molar-refractivity contribution in [2.45, 2.75) is 24.7 Å². The van der Waals surface area contributed by atoms with Crippen molar-refractivity contribution in [3.63, 3.8) is 0 Å². The summed E-state index contributed by atoms with van der Waals surface area (Å²) in [5.41, 5.74) is 2.83. The quantitative estimate of drug-likeness (QED) is 0.232. The van der Waals surface area contributed by atoms with Crippen molar-refractivity contribution in [3.05, 3.63) is 66.7 Å². The molecule has 1 aromatic heterocycles. The molecule has 1 fully saturated rings. The predicted molar refractivity (Wildman–Crippen MR) is 144 cm³/mol. The van der Waals surface area contributed by atoms with Crippen LogP contribution in [0, 0.1) is 5.41 Å². The van der Waals surface area contributed by atoms with Gasteiger partial charge in [0.1, 0.15) is 11.5 Å². The largest absolute Gasteiger partial charge is 0.497 e. The normalized spacial score (nSPS) is 13.6. The molecule has 3 aromatic carbocycles. The van der Waals surface area contributed by atoms with Gasteiger partial charge in [-0.1, -0.05) is 25.1 Å². The molecule has 3 N–H and O–H groups in total. The third-order valence-corrected chi connectivity index (χ3v) is 6.88. The highest BCUT2D eigenvalue weighted by Gasteiger charge is 2.44. The van der Waals surface area contributed by atoms with Crippen LogP contribution in [0.15, 0.2) is 71.6 Å². The molecule has 0 atom stereocenters. The molecular formula is C27H27N5O3S. The summed E-state index contributed by atoms with van der Waals surface area (Å²) < 4.78 is 14.1. The summed E-state index contributed by atoms with van der Waals surface area (Å²) in [7, 11) is 3.22. The third kappa shape index (κ3) is 5.31. The third-order valence-electron chi connectivity index (χ3n) is 6.09. The molecule has 4 aromatic rings. The van der Waals surface area contributed by atoms with E-state index in [1.165, 1.54) is 11.9 Å². The zero-order chi connectivity index (χ0) is 25.1. The predicted octanol–water partition coefficient (Wildman–Crippen LogP) is 6.25. The Morgan fingerprint density at radius 2 is 1.53 bits per heavy atom. The average Bonchev–Trinajstić information content (AvgIpc) is 3.66. The van der Waals surface area contributed by atoms with Gasteiger partial charge in [0, 0.05) is 39.9 Å². The number of para-hydroxylation sites is 2. The molecule has 8 nitrogen and oxygen atoms in total. The number of benzene rings is 3. The lowest BCUT2D eigenvalue weighted by molar-refractivity contribution is -0.120. The van der Waals surface area contributed by atoms with Gasteiger partial charge in [-0.2, -0.15) is 0 Å². The Morgan fingerprint density at radius 1 is 0.861 bits per heavy atom. The molecule has 0 radical (unpaired) electrons. The second-order valence-electron chi connectivity index (χ2n) is 8.88. The molecule has 0 bridgehead atoms. The zero-order valence-corrected chi connectivity index (χ0v) is 21.1. The lowest BCUT2D eigenvalue weighted by Gasteiger charge is -2.15. The number of nitrogens with zero attached hydrogens (tertiary/aromatic N) is 2. The second kappa shape index (κ2) is 9.94. The number of hydrogen-bond donors (Lipinski definition) is 3. The van der Waals surface area contributed by atoms with E-state index in [9.17, 15) is 4.79 Å². The number of rotatable bonds is 9. The number of carbonyl (C=O) groups is 1. The van der Waals surface area contributed by atoms with Crippen LogP contribution in [0.25, 0.3) is 11.0 Å². The van der Waals surface area contributed by atoms with E-state index in [2.05, 4.69) is 15.4 Å². The molecule has 1 amide bonds. The molecule has 1 heterocycles. The van der Waals surface area contributed by atoms with Gasteiger partial charge in [-0.15, -0.1) is 0 Å². The van der Waals surface area contributed by atoms with Crippen LogP contribution < -0.4 is 24.8 Å². The molecular weight excluding hydrogens is 474 g/mol. The van der Waals surface area contributed by atoms with Crippen molar-refractivity contribution in [3.8, 4) is 11.5 Å². The molecule has 1 aliphatic rings. The summed E-state index contributed by atoms with van der Waals surface area (Å²) in [5.74, 6) is 2.52. The summed E-state index contributed by atoms with van der Waals surface area (Å²) >= 11 is 1.39. The molecule has 1 aliphatic carbocycles. The minimum absolute atomic E-state index is 0.0678. The minimum atomic E-state index is -0.231. The molecule has 0 spiro atoms. The number of hydrogen-bond acceptors (Lipinski definition) is 8. The van der Waals surface area contributed by atoms with Crippen LogP contribution in [0.3, 0.4) is 0 Å². The summed E-state index contributed by atoms with van der Waals surface area (Å²) in [5, 5.41) is 6.37. The van der Waals surface area contributed by atoms with Crippen molar-refractivity contribution >= 4 is 51.9 Å². The van der Waals surface area contributed by atoms with E-state index in [0.29, 0.717) is 23.1 Å². The Bertz CT molecular complexity index is 1400. The van der Waals surface area contributed by atoms with Gasteiger partial charge in [0.15, 0.2) is 11.6 Å². The number of carbonyl (C=O) groups excluding carboxylic acids is 1. The van der Waals surface area contributed by atoms with Crippen LogP contribution >= 0.6 is 11.9 Å². The van der Waals surface area contributed by atoms with Gasteiger partial charge in [-0.3, -0.25) is 4.79 Å². The van der Waals surface area contributed by atoms with Crippen LogP contribution in [-0.4, -0.2) is 30.1 Å². The van der Waals surface area contributed by atoms with Crippen LogP contribution in [-0.2, 0) is 4.79 Å². The zero-order valence-electron chi connectivity index (χ0n) is 20.3. The Hall–Kier alpha value is -3.98. The Kier molecular flexibility index (Phi) is 6.56. The lowest BCUT2D eigenvalue weighted by atomic mass is 10.1. The van der Waals surface area contributed by atoms with Crippen molar-refractivity contribution in [2.75, 3.05) is 29.6 Å². The van der Waals surface area contributed by atoms with Gasteiger partial charge in [-0.25, -0.2) is 9.97 Å².